The lowest BCUT2D eigenvalue weighted by molar-refractivity contribution is 0.412. The monoisotopic (exact) mass is 768 g/mol. The van der Waals surface area contributed by atoms with Gasteiger partial charge in [0.05, 0.1) is 24.0 Å². The third-order valence-electron chi connectivity index (χ3n) is 6.38. The van der Waals surface area contributed by atoms with Crippen molar-refractivity contribution >= 4 is 47.7 Å². The molecule has 0 saturated carbocycles. The average molecular weight is 770 g/mol. The smallest absolute Gasteiger partial charge is 0.239 e. The van der Waals surface area contributed by atoms with Gasteiger partial charge in [0.15, 0.2) is 0 Å². The number of rotatable bonds is 13. The molecule has 0 aliphatic carbocycles. The van der Waals surface area contributed by atoms with Gasteiger partial charge in [-0.3, -0.25) is 0 Å². The van der Waals surface area contributed by atoms with Crippen molar-refractivity contribution in [2.24, 2.45) is 10.3 Å². The van der Waals surface area contributed by atoms with Crippen LogP contribution in [0.3, 0.4) is 0 Å². The molecule has 0 fully saturated rings. The summed E-state index contributed by atoms with van der Waals surface area (Å²) < 4.78 is 69.2. The van der Waals surface area contributed by atoms with Gasteiger partial charge in [0.1, 0.15) is 34.5 Å². The first-order valence-electron chi connectivity index (χ1n) is 13.8. The molecule has 0 aliphatic rings. The number of methoxy groups -OCH3 is 2. The van der Waals surface area contributed by atoms with Crippen molar-refractivity contribution in [3.8, 4) is 34.5 Å². The fraction of sp³-hybridized carbons (Fsp3) is 0.226. The van der Waals surface area contributed by atoms with E-state index in [1.807, 2.05) is 0 Å². The Morgan fingerprint density at radius 1 is 0.660 bits per heavy atom. The van der Waals surface area contributed by atoms with E-state index in [9.17, 15) is 16.8 Å². The van der Waals surface area contributed by atoms with Crippen molar-refractivity contribution in [3.05, 3.63) is 88.4 Å². The number of thioether (sulfide) groups is 1. The van der Waals surface area contributed by atoms with Gasteiger partial charge in [-0.1, -0.05) is 0 Å². The predicted octanol–water partition coefficient (Wildman–Crippen LogP) is 5.19. The normalized spacial score (nSPS) is 11.3. The molecule has 0 heterocycles. The highest BCUT2D eigenvalue weighted by Crippen LogP contribution is 2.36. The lowest BCUT2D eigenvalue weighted by Gasteiger charge is -2.15. The molecule has 0 saturated heterocycles. The fourth-order valence-electron chi connectivity index (χ4n) is 4.15. The Morgan fingerprint density at radius 2 is 1.04 bits per heavy atom. The molecule has 0 radical (unpaired) electrons. The summed E-state index contributed by atoms with van der Waals surface area (Å²) in [5, 5.41) is 16.5. The van der Waals surface area contributed by atoms with E-state index >= 15 is 0 Å². The predicted molar refractivity (Wildman–Crippen MR) is 187 cm³/mol. The van der Waals surface area contributed by atoms with Gasteiger partial charge >= 0.3 is 0 Å². The maximum atomic E-state index is 11.8. The van der Waals surface area contributed by atoms with Gasteiger partial charge in [0.25, 0.3) is 0 Å². The molecule has 0 atom stereocenters. The molecule has 4 aromatic carbocycles. The zero-order chi connectivity index (χ0) is 34.8. The molecule has 4 rings (SSSR count). The van der Waals surface area contributed by atoms with Crippen molar-refractivity contribution in [1.82, 2.24) is 10.6 Å². The number of hydrogen-bond donors (Lipinski definition) is 4. The Hall–Kier alpha value is -3.35. The number of ether oxygens (including phenoxy) is 4. The lowest BCUT2D eigenvalue weighted by Crippen LogP contribution is -2.15. The molecule has 0 amide bonds. The quantitative estimate of drug-likeness (QED) is 0.131. The Kier molecular flexibility index (Phi) is 13.9. The first-order chi connectivity index (χ1) is 22.2. The lowest BCUT2D eigenvalue weighted by atomic mass is 10.2. The van der Waals surface area contributed by atoms with Crippen molar-refractivity contribution in [2.45, 2.75) is 27.8 Å². The zero-order valence-electron chi connectivity index (χ0n) is 26.4. The summed E-state index contributed by atoms with van der Waals surface area (Å²) in [6, 6.07) is 20.6. The minimum atomic E-state index is -3.82. The van der Waals surface area contributed by atoms with Crippen LogP contribution in [0.4, 0.5) is 0 Å². The zero-order valence-corrected chi connectivity index (χ0v) is 30.4. The van der Waals surface area contributed by atoms with Gasteiger partial charge in [0.2, 0.25) is 20.0 Å². The van der Waals surface area contributed by atoms with E-state index in [-0.39, 0.29) is 9.79 Å². The van der Waals surface area contributed by atoms with E-state index in [4.69, 9.17) is 29.2 Å². The topological polar surface area (TPSA) is 181 Å². The summed E-state index contributed by atoms with van der Waals surface area (Å²) in [6.07, 6.45) is 1.79. The molecule has 0 bridgehead atoms. The molecule has 0 aromatic heterocycles. The van der Waals surface area contributed by atoms with Crippen LogP contribution in [-0.4, -0.2) is 51.4 Å². The Labute approximate surface area is 288 Å². The van der Waals surface area contributed by atoms with E-state index in [1.165, 1.54) is 17.8 Å². The van der Waals surface area contributed by atoms with Gasteiger partial charge in [-0.2, -0.15) is 0 Å². The highest BCUT2D eigenvalue weighted by Gasteiger charge is 2.19. The van der Waals surface area contributed by atoms with E-state index in [0.717, 1.165) is 11.5 Å². The van der Waals surface area contributed by atoms with Crippen LogP contribution >= 0.6 is 27.7 Å². The summed E-state index contributed by atoms with van der Waals surface area (Å²) >= 11 is 4.53. The summed E-state index contributed by atoms with van der Waals surface area (Å²) in [5.41, 5.74) is 1.38. The van der Waals surface area contributed by atoms with Crippen LogP contribution in [0.1, 0.15) is 11.1 Å². The number of primary sulfonamides is 2. The van der Waals surface area contributed by atoms with Gasteiger partial charge < -0.3 is 29.6 Å². The summed E-state index contributed by atoms with van der Waals surface area (Å²) in [6.45, 7) is 0.879. The molecular weight excluding hydrogens is 732 g/mol. The van der Waals surface area contributed by atoms with Crippen LogP contribution in [-0.2, 0) is 33.1 Å². The van der Waals surface area contributed by atoms with Gasteiger partial charge in [-0.25, -0.2) is 27.1 Å². The fourth-order valence-corrected chi connectivity index (χ4v) is 7.52. The Bertz CT molecular complexity index is 1870. The molecule has 4 aromatic rings. The van der Waals surface area contributed by atoms with Crippen molar-refractivity contribution < 1.29 is 35.8 Å². The first kappa shape index (κ1) is 38.1. The second-order valence-electron chi connectivity index (χ2n) is 9.71. The van der Waals surface area contributed by atoms with Crippen molar-refractivity contribution in [1.29, 1.82) is 0 Å². The number of sulfonamides is 2. The number of halogens is 1. The summed E-state index contributed by atoms with van der Waals surface area (Å²) in [5.74, 6) is 3.79. The highest BCUT2D eigenvalue weighted by molar-refractivity contribution is 9.10. The second-order valence-corrected chi connectivity index (χ2v) is 14.5. The van der Waals surface area contributed by atoms with E-state index in [0.29, 0.717) is 56.6 Å². The maximum absolute atomic E-state index is 11.8. The third-order valence-corrected chi connectivity index (χ3v) is 10.1. The maximum Gasteiger partial charge on any atom is 0.239 e. The molecule has 254 valence electrons. The van der Waals surface area contributed by atoms with Gasteiger partial charge in [-0.15, -0.1) is 11.8 Å². The van der Waals surface area contributed by atoms with Crippen LogP contribution in [0, 0.1) is 0 Å². The van der Waals surface area contributed by atoms with Crippen LogP contribution in [0.15, 0.2) is 92.0 Å². The third kappa shape index (κ3) is 10.8. The second kappa shape index (κ2) is 17.2. The Morgan fingerprint density at radius 3 is 1.40 bits per heavy atom. The minimum absolute atomic E-state index is 0.0184. The van der Waals surface area contributed by atoms with E-state index in [1.54, 1.807) is 101 Å². The SMILES string of the molecule is CNCc1cc(S(N)(=O)=O)c(Br)cc1Oc1ccc(OC)cc1.CNCc1cc(S(N)(=O)=O)c(SC)cc1Oc1ccc(OC)cc1. The largest absolute Gasteiger partial charge is 0.497 e. The number of benzene rings is 4. The standard InChI is InChI=1S/C16H20N2O4S2.C15H17BrN2O4S/c1-18-10-11-8-16(24(17,19)20)15(23-3)9-14(11)22-13-6-4-12(21-2)5-7-13;1-18-9-10-7-15(23(17,19)20)13(16)8-14(10)22-12-5-3-11(21-2)4-6-12/h4-9,18H,10H2,1-3H3,(H2,17,19,20);3-8,18H,9H2,1-2H3,(H2,17,19,20). The van der Waals surface area contributed by atoms with Gasteiger partial charge in [-0.05, 0) is 109 Å². The molecule has 6 N–H and O–H groups in total. The number of hydrogen-bond acceptors (Lipinski definition) is 11. The summed E-state index contributed by atoms with van der Waals surface area (Å²) in [7, 11) is -0.909. The molecule has 47 heavy (non-hydrogen) atoms. The van der Waals surface area contributed by atoms with Crippen LogP contribution in [0.2, 0.25) is 0 Å². The van der Waals surface area contributed by atoms with E-state index < -0.39 is 20.0 Å². The van der Waals surface area contributed by atoms with Gasteiger partial charge in [0, 0.05) is 33.6 Å². The molecule has 0 aliphatic heterocycles. The first-order valence-corrected chi connectivity index (χ1v) is 18.9. The summed E-state index contributed by atoms with van der Waals surface area (Å²) in [4.78, 5) is 0.660. The van der Waals surface area contributed by atoms with Crippen molar-refractivity contribution in [2.75, 3.05) is 34.6 Å². The molecule has 12 nitrogen and oxygen atoms in total. The van der Waals surface area contributed by atoms with Crippen LogP contribution in [0.5, 0.6) is 34.5 Å². The number of nitrogens with two attached hydrogens (primary N) is 2. The molecular formula is C31H37BrN4O8S3. The van der Waals surface area contributed by atoms with Crippen LogP contribution < -0.4 is 39.9 Å². The molecule has 0 spiro atoms. The Balaban J connectivity index is 0.000000256. The average Bonchev–Trinajstić information content (AvgIpc) is 3.03. The minimum Gasteiger partial charge on any atom is -0.497 e. The van der Waals surface area contributed by atoms with Crippen molar-refractivity contribution in [3.63, 3.8) is 0 Å². The number of nitrogens with one attached hydrogen (secondary N) is 2. The molecule has 16 heteroatoms. The molecule has 0 unspecified atom stereocenters. The van der Waals surface area contributed by atoms with E-state index in [2.05, 4.69) is 26.6 Å². The van der Waals surface area contributed by atoms with Crippen LogP contribution in [0.25, 0.3) is 0 Å². The highest BCUT2D eigenvalue weighted by atomic mass is 79.9.